The van der Waals surface area contributed by atoms with Gasteiger partial charge in [0.05, 0.1) is 6.54 Å². The molecule has 158 valence electrons. The molecule has 0 unspecified atom stereocenters. The Morgan fingerprint density at radius 1 is 1.13 bits per heavy atom. The third kappa shape index (κ3) is 4.17. The highest BCUT2D eigenvalue weighted by Crippen LogP contribution is 2.36. The summed E-state index contributed by atoms with van der Waals surface area (Å²) in [7, 11) is 0. The van der Waals surface area contributed by atoms with E-state index >= 15 is 0 Å². The molecular formula is C24H21FN2O4. The Kier molecular flexibility index (Phi) is 5.16. The summed E-state index contributed by atoms with van der Waals surface area (Å²) in [5.74, 6) is 1.24. The molecule has 0 saturated heterocycles. The van der Waals surface area contributed by atoms with Crippen LogP contribution in [0.1, 0.15) is 17.5 Å². The zero-order valence-corrected chi connectivity index (χ0v) is 16.8. The number of fused-ring (bicyclic) bond motifs is 2. The van der Waals surface area contributed by atoms with Crippen LogP contribution in [-0.2, 0) is 17.6 Å². The molecule has 0 aliphatic carbocycles. The monoisotopic (exact) mass is 420 g/mol. The number of hydrogen-bond donors (Lipinski definition) is 1. The molecule has 2 aromatic carbocycles. The minimum absolute atomic E-state index is 0.0752. The van der Waals surface area contributed by atoms with Gasteiger partial charge in [-0.2, -0.15) is 0 Å². The number of aryl methyl sites for hydroxylation is 1. The molecule has 2 aliphatic rings. The van der Waals surface area contributed by atoms with Crippen LogP contribution in [-0.4, -0.2) is 30.3 Å². The van der Waals surface area contributed by atoms with Crippen LogP contribution in [0.4, 0.5) is 4.39 Å². The molecule has 3 aromatic rings. The Morgan fingerprint density at radius 2 is 2.03 bits per heavy atom. The van der Waals surface area contributed by atoms with Crippen molar-refractivity contribution in [2.75, 3.05) is 13.3 Å². The lowest BCUT2D eigenvalue weighted by molar-refractivity contribution is -0.121. The zero-order chi connectivity index (χ0) is 21.2. The summed E-state index contributed by atoms with van der Waals surface area (Å²) in [5.41, 5.74) is 3.43. The van der Waals surface area contributed by atoms with Crippen molar-refractivity contribution in [3.05, 3.63) is 71.8 Å². The van der Waals surface area contributed by atoms with Gasteiger partial charge in [-0.15, -0.1) is 0 Å². The molecular weight excluding hydrogens is 399 g/mol. The maximum Gasteiger partial charge on any atom is 0.231 e. The maximum absolute atomic E-state index is 14.6. The number of carbonyl (C=O) groups is 1. The van der Waals surface area contributed by atoms with Crippen LogP contribution in [0.2, 0.25) is 0 Å². The molecule has 31 heavy (non-hydrogen) atoms. The Morgan fingerprint density at radius 3 is 2.90 bits per heavy atom. The zero-order valence-electron chi connectivity index (χ0n) is 16.8. The maximum atomic E-state index is 14.6. The van der Waals surface area contributed by atoms with Crippen molar-refractivity contribution in [1.29, 1.82) is 0 Å². The van der Waals surface area contributed by atoms with E-state index in [0.29, 0.717) is 31.6 Å². The highest BCUT2D eigenvalue weighted by atomic mass is 19.1. The predicted octanol–water partition coefficient (Wildman–Crippen LogP) is 3.67. The second kappa shape index (κ2) is 8.26. The Labute approximate surface area is 179 Å². The fourth-order valence-electron chi connectivity index (χ4n) is 3.87. The summed E-state index contributed by atoms with van der Waals surface area (Å²) in [6.07, 6.45) is 4.58. The van der Waals surface area contributed by atoms with Gasteiger partial charge in [0.2, 0.25) is 12.7 Å². The smallest absolute Gasteiger partial charge is 0.231 e. The molecule has 5 rings (SSSR count). The van der Waals surface area contributed by atoms with E-state index in [1.165, 1.54) is 6.07 Å². The van der Waals surface area contributed by atoms with E-state index < -0.39 is 5.82 Å². The topological polar surface area (TPSA) is 69.7 Å². The van der Waals surface area contributed by atoms with Crippen LogP contribution in [0.25, 0.3) is 11.1 Å². The lowest BCUT2D eigenvalue weighted by Gasteiger charge is -2.12. The third-order valence-electron chi connectivity index (χ3n) is 5.45. The van der Waals surface area contributed by atoms with Gasteiger partial charge in [-0.05, 0) is 47.9 Å². The molecule has 2 aliphatic heterocycles. The molecule has 0 radical (unpaired) electrons. The molecule has 3 heterocycles. The van der Waals surface area contributed by atoms with Gasteiger partial charge in [0, 0.05) is 36.4 Å². The van der Waals surface area contributed by atoms with E-state index in [9.17, 15) is 9.18 Å². The lowest BCUT2D eigenvalue weighted by atomic mass is 10.0. The van der Waals surface area contributed by atoms with E-state index in [-0.39, 0.29) is 24.6 Å². The number of halogens is 1. The minimum atomic E-state index is -0.395. The number of benzene rings is 2. The molecule has 6 nitrogen and oxygen atoms in total. The van der Waals surface area contributed by atoms with Gasteiger partial charge >= 0.3 is 0 Å². The average molecular weight is 420 g/mol. The van der Waals surface area contributed by atoms with Crippen molar-refractivity contribution in [1.82, 2.24) is 10.3 Å². The second-order valence-corrected chi connectivity index (χ2v) is 7.62. The summed E-state index contributed by atoms with van der Waals surface area (Å²) in [6.45, 7) is 0.559. The van der Waals surface area contributed by atoms with Gasteiger partial charge in [0.25, 0.3) is 0 Å². The Balaban J connectivity index is 1.15. The molecule has 1 atom stereocenters. The van der Waals surface area contributed by atoms with Crippen LogP contribution >= 0.6 is 0 Å². The first kappa shape index (κ1) is 19.4. The molecule has 0 spiro atoms. The molecule has 0 bridgehead atoms. The summed E-state index contributed by atoms with van der Waals surface area (Å²) >= 11 is 0. The van der Waals surface area contributed by atoms with Gasteiger partial charge in [0.1, 0.15) is 6.10 Å². The molecule has 1 N–H and O–H groups in total. The minimum Gasteiger partial charge on any atom is -0.485 e. The summed E-state index contributed by atoms with van der Waals surface area (Å²) in [5, 5.41) is 2.90. The van der Waals surface area contributed by atoms with Crippen LogP contribution in [0.3, 0.4) is 0 Å². The number of pyridine rings is 1. The number of nitrogens with one attached hydrogen (secondary N) is 1. The van der Waals surface area contributed by atoms with Crippen LogP contribution < -0.4 is 19.5 Å². The molecule has 0 fully saturated rings. The number of rotatable bonds is 6. The molecule has 0 saturated carbocycles. The highest BCUT2D eigenvalue weighted by molar-refractivity contribution is 5.76. The van der Waals surface area contributed by atoms with E-state index in [1.807, 2.05) is 36.4 Å². The summed E-state index contributed by atoms with van der Waals surface area (Å²) < 4.78 is 31.0. The SMILES string of the molecule is O=C(CCc1ccc2c(c1)OCO2)NC[C@@H]1Cc2cc(-c3cccnc3)cc(F)c2O1. The number of carbonyl (C=O) groups excluding carboxylic acids is 1. The highest BCUT2D eigenvalue weighted by Gasteiger charge is 2.27. The van der Waals surface area contributed by atoms with Crippen LogP contribution in [0.15, 0.2) is 54.9 Å². The number of ether oxygens (including phenoxy) is 3. The Bertz CT molecular complexity index is 1120. The summed E-state index contributed by atoms with van der Waals surface area (Å²) in [6, 6.07) is 12.8. The van der Waals surface area contributed by atoms with Crippen molar-refractivity contribution in [2.45, 2.75) is 25.4 Å². The van der Waals surface area contributed by atoms with Gasteiger partial charge < -0.3 is 19.5 Å². The molecule has 1 aromatic heterocycles. The lowest BCUT2D eigenvalue weighted by Crippen LogP contribution is -2.34. The Hall–Kier alpha value is -3.61. The van der Waals surface area contributed by atoms with Gasteiger partial charge in [-0.1, -0.05) is 12.1 Å². The number of nitrogens with zero attached hydrogens (tertiary/aromatic N) is 1. The van der Waals surface area contributed by atoms with Crippen LogP contribution in [0.5, 0.6) is 17.2 Å². The molecule has 7 heteroatoms. The third-order valence-corrected chi connectivity index (χ3v) is 5.45. The van der Waals surface area contributed by atoms with Crippen molar-refractivity contribution >= 4 is 5.91 Å². The summed E-state index contributed by atoms with van der Waals surface area (Å²) in [4.78, 5) is 16.4. The van der Waals surface area contributed by atoms with E-state index in [2.05, 4.69) is 10.3 Å². The normalized spacial score (nSPS) is 16.0. The largest absolute Gasteiger partial charge is 0.485 e. The first-order chi connectivity index (χ1) is 15.2. The average Bonchev–Trinajstić information content (AvgIpc) is 3.43. The standard InChI is InChI=1S/C24H21FN2O4/c25-20-11-17(16-2-1-7-26-12-16)9-18-10-19(31-24(18)20)13-27-23(28)6-4-15-3-5-21-22(8-15)30-14-29-21/h1-3,5,7-9,11-12,19H,4,6,10,13-14H2,(H,27,28)/t19-/m0/s1. The van der Waals surface area contributed by atoms with Crippen molar-refractivity contribution in [3.8, 4) is 28.4 Å². The predicted molar refractivity (Wildman–Crippen MR) is 112 cm³/mol. The van der Waals surface area contributed by atoms with Crippen molar-refractivity contribution < 1.29 is 23.4 Å². The van der Waals surface area contributed by atoms with Crippen molar-refractivity contribution in [2.24, 2.45) is 0 Å². The van der Waals surface area contributed by atoms with E-state index in [1.54, 1.807) is 12.4 Å². The quantitative estimate of drug-likeness (QED) is 0.659. The number of hydrogen-bond acceptors (Lipinski definition) is 5. The molecule has 1 amide bonds. The fraction of sp³-hybridized carbons (Fsp3) is 0.250. The van der Waals surface area contributed by atoms with Crippen molar-refractivity contribution in [3.63, 3.8) is 0 Å². The first-order valence-corrected chi connectivity index (χ1v) is 10.2. The van der Waals surface area contributed by atoms with Crippen LogP contribution in [0, 0.1) is 5.82 Å². The van der Waals surface area contributed by atoms with Gasteiger partial charge in [-0.3, -0.25) is 9.78 Å². The van der Waals surface area contributed by atoms with E-state index in [0.717, 1.165) is 28.0 Å². The first-order valence-electron chi connectivity index (χ1n) is 10.2. The van der Waals surface area contributed by atoms with Gasteiger partial charge in [-0.25, -0.2) is 4.39 Å². The van der Waals surface area contributed by atoms with E-state index in [4.69, 9.17) is 14.2 Å². The number of amides is 1. The van der Waals surface area contributed by atoms with Gasteiger partial charge in [0.15, 0.2) is 23.1 Å². The fourth-order valence-corrected chi connectivity index (χ4v) is 3.87. The second-order valence-electron chi connectivity index (χ2n) is 7.62. The number of aromatic nitrogens is 1.